The van der Waals surface area contributed by atoms with Crippen LogP contribution in [0.4, 0.5) is 0 Å². The summed E-state index contributed by atoms with van der Waals surface area (Å²) in [6, 6.07) is 10.5. The molecular formula is C16H24N2O. The maximum absolute atomic E-state index is 12.4. The molecule has 2 N–H and O–H groups in total. The molecule has 0 saturated carbocycles. The molecule has 0 spiro atoms. The Kier molecular flexibility index (Phi) is 4.59. The van der Waals surface area contributed by atoms with Crippen LogP contribution in [-0.4, -0.2) is 24.0 Å². The van der Waals surface area contributed by atoms with Crippen LogP contribution in [0.1, 0.15) is 38.7 Å². The minimum atomic E-state index is -0.328. The van der Waals surface area contributed by atoms with E-state index < -0.39 is 0 Å². The maximum atomic E-state index is 12.4. The lowest BCUT2D eigenvalue weighted by Crippen LogP contribution is -2.55. The third-order valence-electron chi connectivity index (χ3n) is 4.04. The Hall–Kier alpha value is -1.35. The highest BCUT2D eigenvalue weighted by Gasteiger charge is 2.39. The summed E-state index contributed by atoms with van der Waals surface area (Å²) in [4.78, 5) is 12.4. The van der Waals surface area contributed by atoms with Crippen molar-refractivity contribution >= 4 is 5.91 Å². The van der Waals surface area contributed by atoms with Gasteiger partial charge < -0.3 is 10.6 Å². The summed E-state index contributed by atoms with van der Waals surface area (Å²) in [5.41, 5.74) is 0.936. The lowest BCUT2D eigenvalue weighted by molar-refractivity contribution is -0.127. The third-order valence-corrected chi connectivity index (χ3v) is 4.04. The first-order valence-corrected chi connectivity index (χ1v) is 7.26. The number of hydrogen-bond donors (Lipinski definition) is 2. The van der Waals surface area contributed by atoms with Crippen LogP contribution >= 0.6 is 0 Å². The molecule has 3 heteroatoms. The van der Waals surface area contributed by atoms with Gasteiger partial charge in [-0.2, -0.15) is 0 Å². The third kappa shape index (κ3) is 3.35. The fraction of sp³-hybridized carbons (Fsp3) is 0.562. The lowest BCUT2D eigenvalue weighted by Gasteiger charge is -2.28. The number of benzene rings is 1. The minimum Gasteiger partial charge on any atom is -0.352 e. The van der Waals surface area contributed by atoms with Crippen molar-refractivity contribution < 1.29 is 4.79 Å². The quantitative estimate of drug-likeness (QED) is 0.852. The molecule has 2 atom stereocenters. The number of nitrogens with one attached hydrogen (secondary N) is 2. The van der Waals surface area contributed by atoms with Gasteiger partial charge in [0.05, 0.1) is 5.54 Å². The summed E-state index contributed by atoms with van der Waals surface area (Å²) >= 11 is 0. The van der Waals surface area contributed by atoms with E-state index in [1.165, 1.54) is 5.56 Å². The van der Waals surface area contributed by atoms with Gasteiger partial charge in [-0.3, -0.25) is 4.79 Å². The van der Waals surface area contributed by atoms with Gasteiger partial charge in [0, 0.05) is 6.04 Å². The van der Waals surface area contributed by atoms with Crippen molar-refractivity contribution in [1.82, 2.24) is 10.6 Å². The summed E-state index contributed by atoms with van der Waals surface area (Å²) in [6.07, 6.45) is 3.78. The highest BCUT2D eigenvalue weighted by atomic mass is 16.2. The Labute approximate surface area is 115 Å². The highest BCUT2D eigenvalue weighted by Crippen LogP contribution is 2.23. The largest absolute Gasteiger partial charge is 0.352 e. The summed E-state index contributed by atoms with van der Waals surface area (Å²) in [5, 5.41) is 6.54. The van der Waals surface area contributed by atoms with Crippen LogP contribution in [0.15, 0.2) is 30.3 Å². The molecular weight excluding hydrogens is 236 g/mol. The highest BCUT2D eigenvalue weighted by molar-refractivity contribution is 5.86. The number of hydrogen-bond acceptors (Lipinski definition) is 2. The van der Waals surface area contributed by atoms with Gasteiger partial charge in [-0.25, -0.2) is 0 Å². The molecule has 1 saturated heterocycles. The standard InChI is InChI=1S/C16H24N2O/c1-3-16(10-7-11-17-16)15(19)18-13(2)12-14-8-5-4-6-9-14/h4-6,8-9,13,17H,3,7,10-12H2,1-2H3,(H,18,19). The van der Waals surface area contributed by atoms with Crippen LogP contribution in [-0.2, 0) is 11.2 Å². The molecule has 1 aliphatic rings. The molecule has 2 unspecified atom stereocenters. The summed E-state index contributed by atoms with van der Waals surface area (Å²) in [7, 11) is 0. The first-order chi connectivity index (χ1) is 9.16. The van der Waals surface area contributed by atoms with Crippen LogP contribution in [0.2, 0.25) is 0 Å². The van der Waals surface area contributed by atoms with Crippen molar-refractivity contribution in [3.8, 4) is 0 Å². The zero-order chi connectivity index (χ0) is 13.7. The van der Waals surface area contributed by atoms with E-state index in [1.54, 1.807) is 0 Å². The number of rotatable bonds is 5. The molecule has 0 radical (unpaired) electrons. The van der Waals surface area contributed by atoms with Crippen LogP contribution in [0.5, 0.6) is 0 Å². The van der Waals surface area contributed by atoms with E-state index >= 15 is 0 Å². The van der Waals surface area contributed by atoms with E-state index in [1.807, 2.05) is 18.2 Å². The molecule has 1 heterocycles. The van der Waals surface area contributed by atoms with Gasteiger partial charge >= 0.3 is 0 Å². The zero-order valence-electron chi connectivity index (χ0n) is 11.9. The Balaban J connectivity index is 1.91. The van der Waals surface area contributed by atoms with E-state index in [0.29, 0.717) is 0 Å². The Bertz CT molecular complexity index is 410. The van der Waals surface area contributed by atoms with Crippen molar-refractivity contribution in [2.45, 2.75) is 51.1 Å². The van der Waals surface area contributed by atoms with E-state index in [9.17, 15) is 4.79 Å². The van der Waals surface area contributed by atoms with Crippen molar-refractivity contribution in [2.24, 2.45) is 0 Å². The van der Waals surface area contributed by atoms with E-state index in [4.69, 9.17) is 0 Å². The molecule has 1 aromatic rings. The van der Waals surface area contributed by atoms with Gasteiger partial charge in [0.15, 0.2) is 0 Å². The number of carbonyl (C=O) groups is 1. The summed E-state index contributed by atoms with van der Waals surface area (Å²) < 4.78 is 0. The molecule has 0 aromatic heterocycles. The lowest BCUT2D eigenvalue weighted by atomic mass is 9.92. The van der Waals surface area contributed by atoms with Crippen LogP contribution < -0.4 is 10.6 Å². The fourth-order valence-electron chi connectivity index (χ4n) is 2.84. The van der Waals surface area contributed by atoms with Crippen molar-refractivity contribution in [3.63, 3.8) is 0 Å². The van der Waals surface area contributed by atoms with E-state index in [0.717, 1.165) is 32.2 Å². The van der Waals surface area contributed by atoms with Gasteiger partial charge in [-0.1, -0.05) is 37.3 Å². The molecule has 1 aliphatic heterocycles. The second-order valence-corrected chi connectivity index (χ2v) is 5.53. The normalized spacial score (nSPS) is 24.1. The Morgan fingerprint density at radius 1 is 1.42 bits per heavy atom. The van der Waals surface area contributed by atoms with Crippen LogP contribution in [0.3, 0.4) is 0 Å². The predicted molar refractivity (Wildman–Crippen MR) is 78.0 cm³/mol. The molecule has 0 bridgehead atoms. The molecule has 1 amide bonds. The van der Waals surface area contributed by atoms with E-state index in [2.05, 4.69) is 36.6 Å². The molecule has 1 fully saturated rings. The van der Waals surface area contributed by atoms with Gasteiger partial charge in [0.25, 0.3) is 0 Å². The van der Waals surface area contributed by atoms with Gasteiger partial charge in [-0.05, 0) is 44.7 Å². The average Bonchev–Trinajstić information content (AvgIpc) is 2.89. The number of carbonyl (C=O) groups excluding carboxylic acids is 1. The average molecular weight is 260 g/mol. The monoisotopic (exact) mass is 260 g/mol. The van der Waals surface area contributed by atoms with Gasteiger partial charge in [0.1, 0.15) is 0 Å². The minimum absolute atomic E-state index is 0.163. The molecule has 1 aromatic carbocycles. The summed E-state index contributed by atoms with van der Waals surface area (Å²) in [5.74, 6) is 0.163. The smallest absolute Gasteiger partial charge is 0.240 e. The molecule has 3 nitrogen and oxygen atoms in total. The Morgan fingerprint density at radius 2 is 2.16 bits per heavy atom. The van der Waals surface area contributed by atoms with Crippen molar-refractivity contribution in [2.75, 3.05) is 6.54 Å². The van der Waals surface area contributed by atoms with Gasteiger partial charge in [0.2, 0.25) is 5.91 Å². The van der Waals surface area contributed by atoms with Crippen molar-refractivity contribution in [3.05, 3.63) is 35.9 Å². The summed E-state index contributed by atoms with van der Waals surface area (Å²) in [6.45, 7) is 5.11. The predicted octanol–water partition coefficient (Wildman–Crippen LogP) is 2.27. The number of amides is 1. The molecule has 19 heavy (non-hydrogen) atoms. The first-order valence-electron chi connectivity index (χ1n) is 7.26. The maximum Gasteiger partial charge on any atom is 0.240 e. The second kappa shape index (κ2) is 6.20. The van der Waals surface area contributed by atoms with Gasteiger partial charge in [-0.15, -0.1) is 0 Å². The molecule has 2 rings (SSSR count). The van der Waals surface area contributed by atoms with Crippen LogP contribution in [0, 0.1) is 0 Å². The topological polar surface area (TPSA) is 41.1 Å². The first kappa shape index (κ1) is 14.1. The second-order valence-electron chi connectivity index (χ2n) is 5.53. The van der Waals surface area contributed by atoms with E-state index in [-0.39, 0.29) is 17.5 Å². The van der Waals surface area contributed by atoms with Crippen LogP contribution in [0.25, 0.3) is 0 Å². The zero-order valence-corrected chi connectivity index (χ0v) is 11.9. The SMILES string of the molecule is CCC1(C(=O)NC(C)Cc2ccccc2)CCCN1. The van der Waals surface area contributed by atoms with Crippen molar-refractivity contribution in [1.29, 1.82) is 0 Å². The fourth-order valence-corrected chi connectivity index (χ4v) is 2.84. The Morgan fingerprint density at radius 3 is 2.74 bits per heavy atom. The molecule has 104 valence electrons. The molecule has 0 aliphatic carbocycles.